The first-order valence-electron chi connectivity index (χ1n) is 8.32. The van der Waals surface area contributed by atoms with Gasteiger partial charge < -0.3 is 14.2 Å². The number of rotatable bonds is 4. The van der Waals surface area contributed by atoms with Gasteiger partial charge in [0, 0.05) is 18.8 Å². The molecule has 0 aromatic rings. The molecule has 0 N–H and O–H groups in total. The molecule has 122 valence electrons. The summed E-state index contributed by atoms with van der Waals surface area (Å²) < 4.78 is 17.4. The molecule has 1 spiro atoms. The van der Waals surface area contributed by atoms with Crippen LogP contribution in [0.4, 0.5) is 0 Å². The fraction of sp³-hybridized carbons (Fsp3) is 0.941. The first-order chi connectivity index (χ1) is 9.87. The van der Waals surface area contributed by atoms with Crippen molar-refractivity contribution in [3.05, 3.63) is 0 Å². The first kappa shape index (κ1) is 16.8. The predicted molar refractivity (Wildman–Crippen MR) is 80.8 cm³/mol. The minimum absolute atomic E-state index is 0.128. The third-order valence-corrected chi connectivity index (χ3v) is 5.09. The maximum atomic E-state index is 12.0. The topological polar surface area (TPSA) is 44.8 Å². The van der Waals surface area contributed by atoms with E-state index in [1.165, 1.54) is 12.8 Å². The molecule has 0 aromatic heterocycles. The second-order valence-corrected chi connectivity index (χ2v) is 7.42. The Morgan fingerprint density at radius 3 is 2.33 bits per heavy atom. The van der Waals surface area contributed by atoms with Gasteiger partial charge >= 0.3 is 5.97 Å². The van der Waals surface area contributed by atoms with Crippen LogP contribution in [0.5, 0.6) is 0 Å². The van der Waals surface area contributed by atoms with Gasteiger partial charge in [0.1, 0.15) is 0 Å². The number of esters is 1. The lowest BCUT2D eigenvalue weighted by molar-refractivity contribution is -0.300. The number of hydrogen-bond acceptors (Lipinski definition) is 4. The fourth-order valence-electron chi connectivity index (χ4n) is 2.75. The second-order valence-electron chi connectivity index (χ2n) is 7.42. The molecule has 0 amide bonds. The Morgan fingerprint density at radius 2 is 1.81 bits per heavy atom. The molecule has 0 unspecified atom stereocenters. The van der Waals surface area contributed by atoms with E-state index >= 15 is 0 Å². The molecule has 0 atom stereocenters. The zero-order valence-corrected chi connectivity index (χ0v) is 13.9. The maximum absolute atomic E-state index is 12.0. The summed E-state index contributed by atoms with van der Waals surface area (Å²) in [5.74, 6) is 0.455. The van der Waals surface area contributed by atoms with Gasteiger partial charge in [0.15, 0.2) is 5.79 Å². The van der Waals surface area contributed by atoms with Crippen LogP contribution in [0.25, 0.3) is 0 Å². The van der Waals surface area contributed by atoms with Gasteiger partial charge in [-0.3, -0.25) is 4.79 Å². The Kier molecular flexibility index (Phi) is 5.31. The van der Waals surface area contributed by atoms with Gasteiger partial charge in [0.2, 0.25) is 0 Å². The molecule has 1 aliphatic carbocycles. The second kappa shape index (κ2) is 6.66. The molecule has 2 aliphatic rings. The van der Waals surface area contributed by atoms with Crippen molar-refractivity contribution in [2.24, 2.45) is 17.3 Å². The van der Waals surface area contributed by atoms with Crippen molar-refractivity contribution in [3.8, 4) is 0 Å². The molecule has 1 saturated carbocycles. The van der Waals surface area contributed by atoms with Crippen molar-refractivity contribution in [1.82, 2.24) is 0 Å². The molecule has 2 rings (SSSR count). The quantitative estimate of drug-likeness (QED) is 0.745. The van der Waals surface area contributed by atoms with Crippen LogP contribution in [-0.4, -0.2) is 31.6 Å². The zero-order chi connectivity index (χ0) is 15.5. The van der Waals surface area contributed by atoms with Crippen LogP contribution in [0, 0.1) is 17.3 Å². The summed E-state index contributed by atoms with van der Waals surface area (Å²) in [6.07, 6.45) is 5.10. The minimum Gasteiger partial charge on any atom is -0.465 e. The normalized spacial score (nSPS) is 33.9. The van der Waals surface area contributed by atoms with Crippen molar-refractivity contribution >= 4 is 5.97 Å². The zero-order valence-electron chi connectivity index (χ0n) is 13.9. The maximum Gasteiger partial charge on any atom is 0.311 e. The lowest BCUT2D eigenvalue weighted by Crippen LogP contribution is -2.47. The molecule has 1 aliphatic heterocycles. The van der Waals surface area contributed by atoms with E-state index in [1.807, 2.05) is 20.8 Å². The SMILES string of the molecule is CCC(C)(C)C(=O)OCC1COC2(CCC(C)CC2)OC1. The van der Waals surface area contributed by atoms with Crippen LogP contribution in [0.1, 0.15) is 59.8 Å². The smallest absolute Gasteiger partial charge is 0.311 e. The van der Waals surface area contributed by atoms with Crippen LogP contribution in [0.3, 0.4) is 0 Å². The number of ether oxygens (including phenoxy) is 3. The average molecular weight is 298 g/mol. The molecule has 2 fully saturated rings. The number of carbonyl (C=O) groups excluding carboxylic acids is 1. The van der Waals surface area contributed by atoms with E-state index < -0.39 is 5.41 Å². The average Bonchev–Trinajstić information content (AvgIpc) is 2.49. The van der Waals surface area contributed by atoms with Crippen LogP contribution >= 0.6 is 0 Å². The van der Waals surface area contributed by atoms with Gasteiger partial charge in [-0.1, -0.05) is 13.8 Å². The highest BCUT2D eigenvalue weighted by Crippen LogP contribution is 2.38. The summed E-state index contributed by atoms with van der Waals surface area (Å²) in [5, 5.41) is 0. The summed E-state index contributed by atoms with van der Waals surface area (Å²) in [6.45, 7) is 9.79. The molecule has 4 nitrogen and oxygen atoms in total. The minimum atomic E-state index is -0.406. The Balaban J connectivity index is 1.73. The lowest BCUT2D eigenvalue weighted by Gasteiger charge is -2.43. The highest BCUT2D eigenvalue weighted by Gasteiger charge is 2.40. The molecule has 0 bridgehead atoms. The molecule has 0 aromatic carbocycles. The van der Waals surface area contributed by atoms with Crippen LogP contribution in [0.15, 0.2) is 0 Å². The van der Waals surface area contributed by atoms with E-state index in [2.05, 4.69) is 6.92 Å². The van der Waals surface area contributed by atoms with Crippen LogP contribution < -0.4 is 0 Å². The lowest BCUT2D eigenvalue weighted by atomic mass is 9.85. The van der Waals surface area contributed by atoms with E-state index in [4.69, 9.17) is 14.2 Å². The Labute approximate surface area is 128 Å². The third kappa shape index (κ3) is 4.19. The van der Waals surface area contributed by atoms with Crippen LogP contribution in [-0.2, 0) is 19.0 Å². The highest BCUT2D eigenvalue weighted by molar-refractivity contribution is 5.75. The molecular formula is C17H30O4. The summed E-state index contributed by atoms with van der Waals surface area (Å²) in [6, 6.07) is 0. The van der Waals surface area contributed by atoms with E-state index in [-0.39, 0.29) is 17.7 Å². The summed E-state index contributed by atoms with van der Waals surface area (Å²) in [5.41, 5.74) is -0.406. The summed E-state index contributed by atoms with van der Waals surface area (Å²) in [4.78, 5) is 12.0. The largest absolute Gasteiger partial charge is 0.465 e. The van der Waals surface area contributed by atoms with Crippen molar-refractivity contribution in [2.45, 2.75) is 65.6 Å². The summed E-state index contributed by atoms with van der Waals surface area (Å²) in [7, 11) is 0. The van der Waals surface area contributed by atoms with Crippen molar-refractivity contribution < 1.29 is 19.0 Å². The Hall–Kier alpha value is -0.610. The number of carbonyl (C=O) groups is 1. The van der Waals surface area contributed by atoms with Gasteiger partial charge in [0.05, 0.1) is 25.2 Å². The van der Waals surface area contributed by atoms with Gasteiger partial charge in [-0.25, -0.2) is 0 Å². The van der Waals surface area contributed by atoms with Gasteiger partial charge in [0.25, 0.3) is 0 Å². The summed E-state index contributed by atoms with van der Waals surface area (Å²) >= 11 is 0. The Bertz CT molecular complexity index is 346. The van der Waals surface area contributed by atoms with E-state index in [1.54, 1.807) is 0 Å². The molecule has 0 radical (unpaired) electrons. The van der Waals surface area contributed by atoms with E-state index in [0.717, 1.165) is 25.2 Å². The number of hydrogen-bond donors (Lipinski definition) is 0. The third-order valence-electron chi connectivity index (χ3n) is 5.09. The van der Waals surface area contributed by atoms with Gasteiger partial charge in [-0.05, 0) is 39.0 Å². The van der Waals surface area contributed by atoms with Crippen molar-refractivity contribution in [1.29, 1.82) is 0 Å². The van der Waals surface area contributed by atoms with Crippen LogP contribution in [0.2, 0.25) is 0 Å². The van der Waals surface area contributed by atoms with Crippen molar-refractivity contribution in [2.75, 3.05) is 19.8 Å². The van der Waals surface area contributed by atoms with Gasteiger partial charge in [-0.2, -0.15) is 0 Å². The fourth-order valence-corrected chi connectivity index (χ4v) is 2.75. The first-order valence-corrected chi connectivity index (χ1v) is 8.32. The standard InChI is InChI=1S/C17H30O4/c1-5-16(3,4)15(18)19-10-14-11-20-17(21-12-14)8-6-13(2)7-9-17/h13-14H,5-12H2,1-4H3. The molecule has 1 saturated heterocycles. The predicted octanol–water partition coefficient (Wildman–Crippen LogP) is 3.54. The highest BCUT2D eigenvalue weighted by atomic mass is 16.7. The van der Waals surface area contributed by atoms with Crippen molar-refractivity contribution in [3.63, 3.8) is 0 Å². The monoisotopic (exact) mass is 298 g/mol. The van der Waals surface area contributed by atoms with Gasteiger partial charge in [-0.15, -0.1) is 0 Å². The molecule has 4 heteroatoms. The molecular weight excluding hydrogens is 268 g/mol. The molecule has 1 heterocycles. The molecule has 21 heavy (non-hydrogen) atoms. The Morgan fingerprint density at radius 1 is 1.24 bits per heavy atom. The van der Waals surface area contributed by atoms with E-state index in [0.29, 0.717) is 19.8 Å². The van der Waals surface area contributed by atoms with E-state index in [9.17, 15) is 4.79 Å².